The molecular weight excluding hydrogens is 206 g/mol. The van der Waals surface area contributed by atoms with E-state index in [0.717, 1.165) is 0 Å². The molecule has 0 bridgehead atoms. The summed E-state index contributed by atoms with van der Waals surface area (Å²) in [6, 6.07) is 0. The number of hydrogen-bond acceptors (Lipinski definition) is 3. The predicted octanol–water partition coefficient (Wildman–Crippen LogP) is 0.146. The summed E-state index contributed by atoms with van der Waals surface area (Å²) in [6.07, 6.45) is 1.38. The molecule has 94 valence electrons. The second-order valence-corrected chi connectivity index (χ2v) is 4.85. The molecule has 0 heterocycles. The number of nitrogens with one attached hydrogen (secondary N) is 2. The Morgan fingerprint density at radius 3 is 2.25 bits per heavy atom. The van der Waals surface area contributed by atoms with Crippen molar-refractivity contribution >= 4 is 11.8 Å². The van der Waals surface area contributed by atoms with Crippen LogP contribution in [0.5, 0.6) is 0 Å². The Labute approximate surface area is 97.2 Å². The first-order chi connectivity index (χ1) is 7.31. The van der Waals surface area contributed by atoms with Crippen molar-refractivity contribution < 1.29 is 9.59 Å². The average molecular weight is 229 g/mol. The first-order valence-electron chi connectivity index (χ1n) is 5.61. The first-order valence-corrected chi connectivity index (χ1v) is 5.61. The number of nitrogens with two attached hydrogens (primary N) is 1. The number of primary amides is 1. The monoisotopic (exact) mass is 229 g/mol. The molecule has 2 amide bonds. The van der Waals surface area contributed by atoms with Crippen LogP contribution in [0, 0.1) is 0 Å². The van der Waals surface area contributed by atoms with E-state index in [1.807, 2.05) is 0 Å². The van der Waals surface area contributed by atoms with Crippen molar-refractivity contribution in [2.75, 3.05) is 13.1 Å². The largest absolute Gasteiger partial charge is 0.370 e. The standard InChI is InChI=1S/C11H23N3O2/c1-11(2,3)14-8-6-10(16)13-7-4-5-9(12)15/h14H,4-8H2,1-3H3,(H2,12,15)(H,13,16). The molecule has 0 spiro atoms. The van der Waals surface area contributed by atoms with Gasteiger partial charge in [-0.1, -0.05) is 0 Å². The topological polar surface area (TPSA) is 84.2 Å². The van der Waals surface area contributed by atoms with Crippen molar-refractivity contribution in [3.05, 3.63) is 0 Å². The molecule has 0 aliphatic carbocycles. The van der Waals surface area contributed by atoms with Crippen LogP contribution < -0.4 is 16.4 Å². The van der Waals surface area contributed by atoms with Gasteiger partial charge >= 0.3 is 0 Å². The maximum absolute atomic E-state index is 11.3. The van der Waals surface area contributed by atoms with E-state index in [9.17, 15) is 9.59 Å². The average Bonchev–Trinajstić information content (AvgIpc) is 2.10. The fourth-order valence-electron chi connectivity index (χ4n) is 1.13. The van der Waals surface area contributed by atoms with Crippen LogP contribution in [-0.4, -0.2) is 30.4 Å². The maximum atomic E-state index is 11.3. The minimum atomic E-state index is -0.330. The summed E-state index contributed by atoms with van der Waals surface area (Å²) in [5, 5.41) is 5.96. The summed E-state index contributed by atoms with van der Waals surface area (Å²) in [6.45, 7) is 7.33. The Morgan fingerprint density at radius 2 is 1.75 bits per heavy atom. The van der Waals surface area contributed by atoms with Crippen LogP contribution in [0.25, 0.3) is 0 Å². The van der Waals surface area contributed by atoms with E-state index in [0.29, 0.717) is 32.4 Å². The zero-order chi connectivity index (χ0) is 12.6. The van der Waals surface area contributed by atoms with Gasteiger partial charge in [-0.15, -0.1) is 0 Å². The molecule has 0 saturated heterocycles. The summed E-state index contributed by atoms with van der Waals surface area (Å²) in [7, 11) is 0. The number of hydrogen-bond donors (Lipinski definition) is 3. The summed E-state index contributed by atoms with van der Waals surface area (Å²) in [4.78, 5) is 21.7. The number of carbonyl (C=O) groups excluding carboxylic acids is 2. The Morgan fingerprint density at radius 1 is 1.12 bits per heavy atom. The third-order valence-corrected chi connectivity index (χ3v) is 1.93. The summed E-state index contributed by atoms with van der Waals surface area (Å²) in [5.41, 5.74) is 5.01. The summed E-state index contributed by atoms with van der Waals surface area (Å²) < 4.78 is 0. The van der Waals surface area contributed by atoms with Crippen LogP contribution in [-0.2, 0) is 9.59 Å². The minimum Gasteiger partial charge on any atom is -0.370 e. The van der Waals surface area contributed by atoms with Crippen LogP contribution in [0.3, 0.4) is 0 Å². The quantitative estimate of drug-likeness (QED) is 0.543. The van der Waals surface area contributed by atoms with E-state index >= 15 is 0 Å². The molecular formula is C11H23N3O2. The molecule has 0 aliphatic rings. The highest BCUT2D eigenvalue weighted by Crippen LogP contribution is 1.97. The summed E-state index contributed by atoms with van der Waals surface area (Å²) in [5.74, 6) is -0.329. The van der Waals surface area contributed by atoms with E-state index in [2.05, 4.69) is 31.4 Å². The van der Waals surface area contributed by atoms with E-state index in [1.165, 1.54) is 0 Å². The van der Waals surface area contributed by atoms with Crippen molar-refractivity contribution in [2.45, 2.75) is 45.6 Å². The second kappa shape index (κ2) is 7.22. The van der Waals surface area contributed by atoms with Crippen LogP contribution in [0.2, 0.25) is 0 Å². The highest BCUT2D eigenvalue weighted by molar-refractivity contribution is 5.76. The highest BCUT2D eigenvalue weighted by Gasteiger charge is 2.09. The predicted molar refractivity (Wildman–Crippen MR) is 63.8 cm³/mol. The van der Waals surface area contributed by atoms with Crippen molar-refractivity contribution in [1.82, 2.24) is 10.6 Å². The van der Waals surface area contributed by atoms with Gasteiger partial charge in [0.2, 0.25) is 11.8 Å². The minimum absolute atomic E-state index is 0.00113. The number of amides is 2. The first kappa shape index (κ1) is 14.9. The van der Waals surface area contributed by atoms with Crippen LogP contribution >= 0.6 is 0 Å². The summed E-state index contributed by atoms with van der Waals surface area (Å²) >= 11 is 0. The van der Waals surface area contributed by atoms with Gasteiger partial charge in [0.25, 0.3) is 0 Å². The van der Waals surface area contributed by atoms with Gasteiger partial charge in [-0.2, -0.15) is 0 Å². The Bertz CT molecular complexity index is 234. The van der Waals surface area contributed by atoms with Gasteiger partial charge in [0, 0.05) is 31.5 Å². The normalized spacial score (nSPS) is 11.2. The number of rotatable bonds is 7. The third kappa shape index (κ3) is 11.0. The molecule has 16 heavy (non-hydrogen) atoms. The lowest BCUT2D eigenvalue weighted by atomic mass is 10.1. The molecule has 0 rings (SSSR count). The molecule has 5 heteroatoms. The van der Waals surface area contributed by atoms with Crippen molar-refractivity contribution in [3.8, 4) is 0 Å². The van der Waals surface area contributed by atoms with Crippen molar-refractivity contribution in [1.29, 1.82) is 0 Å². The van der Waals surface area contributed by atoms with Gasteiger partial charge in [-0.05, 0) is 27.2 Å². The second-order valence-electron chi connectivity index (χ2n) is 4.85. The lowest BCUT2D eigenvalue weighted by Crippen LogP contribution is -2.38. The van der Waals surface area contributed by atoms with Gasteiger partial charge in [0.05, 0.1) is 0 Å². The molecule has 0 aliphatic heterocycles. The van der Waals surface area contributed by atoms with Gasteiger partial charge in [-0.3, -0.25) is 9.59 Å². The van der Waals surface area contributed by atoms with E-state index in [4.69, 9.17) is 5.73 Å². The third-order valence-electron chi connectivity index (χ3n) is 1.93. The van der Waals surface area contributed by atoms with Crippen LogP contribution in [0.15, 0.2) is 0 Å². The molecule has 0 aromatic carbocycles. The van der Waals surface area contributed by atoms with Crippen LogP contribution in [0.1, 0.15) is 40.0 Å². The molecule has 0 aromatic rings. The molecule has 0 saturated carbocycles. The van der Waals surface area contributed by atoms with Gasteiger partial charge in [0.1, 0.15) is 0 Å². The zero-order valence-corrected chi connectivity index (χ0v) is 10.4. The van der Waals surface area contributed by atoms with Crippen molar-refractivity contribution in [2.24, 2.45) is 5.73 Å². The molecule has 0 unspecified atom stereocenters. The highest BCUT2D eigenvalue weighted by atomic mass is 16.2. The maximum Gasteiger partial charge on any atom is 0.221 e. The van der Waals surface area contributed by atoms with Crippen molar-refractivity contribution in [3.63, 3.8) is 0 Å². The lowest BCUT2D eigenvalue weighted by Gasteiger charge is -2.20. The molecule has 0 radical (unpaired) electrons. The van der Waals surface area contributed by atoms with E-state index in [-0.39, 0.29) is 17.4 Å². The Kier molecular flexibility index (Phi) is 6.72. The lowest BCUT2D eigenvalue weighted by molar-refractivity contribution is -0.121. The molecule has 4 N–H and O–H groups in total. The van der Waals surface area contributed by atoms with Gasteiger partial charge in [-0.25, -0.2) is 0 Å². The Balaban J connectivity index is 3.42. The zero-order valence-electron chi connectivity index (χ0n) is 10.4. The molecule has 0 fully saturated rings. The van der Waals surface area contributed by atoms with E-state index < -0.39 is 0 Å². The molecule has 5 nitrogen and oxygen atoms in total. The fraction of sp³-hybridized carbons (Fsp3) is 0.818. The van der Waals surface area contributed by atoms with Gasteiger partial charge in [0.15, 0.2) is 0 Å². The fourth-order valence-corrected chi connectivity index (χ4v) is 1.13. The SMILES string of the molecule is CC(C)(C)NCCC(=O)NCCCC(N)=O. The van der Waals surface area contributed by atoms with Crippen LogP contribution in [0.4, 0.5) is 0 Å². The Hall–Kier alpha value is -1.10. The molecule has 0 atom stereocenters. The number of carbonyl (C=O) groups is 2. The van der Waals surface area contributed by atoms with Gasteiger partial charge < -0.3 is 16.4 Å². The molecule has 0 aromatic heterocycles. The van der Waals surface area contributed by atoms with E-state index in [1.54, 1.807) is 0 Å². The smallest absolute Gasteiger partial charge is 0.221 e.